The van der Waals surface area contributed by atoms with Gasteiger partial charge in [0.05, 0.1) is 12.2 Å². The highest BCUT2D eigenvalue weighted by Crippen LogP contribution is 2.67. The molecular weight excluding hydrogens is 272 g/mol. The normalized spacial score (nSPS) is 46.8. The molecule has 1 heterocycles. The Balaban J connectivity index is 1.55. The van der Waals surface area contributed by atoms with E-state index in [1.165, 1.54) is 44.1 Å². The quantitative estimate of drug-likeness (QED) is 0.664. The predicted octanol–water partition coefficient (Wildman–Crippen LogP) is 4.35. The highest BCUT2D eigenvalue weighted by atomic mass is 16.5. The Hall–Kier alpha value is -0.890. The molecule has 2 heteroatoms. The molecule has 0 aromatic rings. The summed E-state index contributed by atoms with van der Waals surface area (Å²) in [6.45, 7) is 3.51. The zero-order valence-electron chi connectivity index (χ0n) is 13.6. The van der Waals surface area contributed by atoms with Gasteiger partial charge in [0.25, 0.3) is 0 Å². The van der Waals surface area contributed by atoms with Gasteiger partial charge in [0, 0.05) is 18.3 Å². The van der Waals surface area contributed by atoms with Crippen LogP contribution in [0.2, 0.25) is 0 Å². The number of hydrogen-bond donors (Lipinski definition) is 0. The van der Waals surface area contributed by atoms with Crippen molar-refractivity contribution < 1.29 is 9.53 Å². The van der Waals surface area contributed by atoms with Crippen molar-refractivity contribution in [2.75, 3.05) is 6.61 Å². The summed E-state index contributed by atoms with van der Waals surface area (Å²) in [5.74, 6) is 1.95. The van der Waals surface area contributed by atoms with E-state index < -0.39 is 0 Å². The second-order valence-electron chi connectivity index (χ2n) is 8.44. The minimum absolute atomic E-state index is 0.229. The number of allylic oxidation sites excluding steroid dienone is 4. The fourth-order valence-corrected chi connectivity index (χ4v) is 6.62. The van der Waals surface area contributed by atoms with E-state index in [0.29, 0.717) is 11.2 Å². The minimum Gasteiger partial charge on any atom is -0.374 e. The van der Waals surface area contributed by atoms with Gasteiger partial charge in [-0.2, -0.15) is 0 Å². The first kappa shape index (κ1) is 13.5. The van der Waals surface area contributed by atoms with E-state index in [9.17, 15) is 4.79 Å². The van der Waals surface area contributed by atoms with Crippen LogP contribution in [0.25, 0.3) is 0 Å². The van der Waals surface area contributed by atoms with Gasteiger partial charge in [-0.05, 0) is 74.0 Å². The number of ether oxygens (including phenoxy) is 1. The second-order valence-corrected chi connectivity index (χ2v) is 8.44. The van der Waals surface area contributed by atoms with E-state index in [-0.39, 0.29) is 5.60 Å². The fraction of sp³-hybridized carbons (Fsp3) is 0.750. The van der Waals surface area contributed by atoms with Crippen molar-refractivity contribution in [2.24, 2.45) is 17.3 Å². The Morgan fingerprint density at radius 1 is 1.09 bits per heavy atom. The van der Waals surface area contributed by atoms with Gasteiger partial charge >= 0.3 is 0 Å². The molecule has 0 aromatic heterocycles. The standard InChI is InChI=1S/C20H26O2/c1-19-8-6-16-15-5-3-14(21)12-13(15)2-4-17(16)18(19)7-9-20(19)10-11-22-20/h12,17-18H,2-11H2,1H3/t17-,18+,19+,20?/m1/s1. The summed E-state index contributed by atoms with van der Waals surface area (Å²) in [7, 11) is 0. The topological polar surface area (TPSA) is 26.3 Å². The minimum atomic E-state index is 0.229. The van der Waals surface area contributed by atoms with Crippen LogP contribution < -0.4 is 0 Å². The smallest absolute Gasteiger partial charge is 0.156 e. The van der Waals surface area contributed by atoms with Crippen molar-refractivity contribution >= 4 is 5.78 Å². The SMILES string of the molecule is C[C@]12CCC3=C4CCC(=O)C=C4CC[C@H]3[C@@H]1CCC21CCO1. The molecule has 2 saturated carbocycles. The average molecular weight is 298 g/mol. The van der Waals surface area contributed by atoms with Crippen LogP contribution in [-0.2, 0) is 9.53 Å². The molecule has 0 N–H and O–H groups in total. The number of rotatable bonds is 0. The van der Waals surface area contributed by atoms with Gasteiger partial charge < -0.3 is 4.74 Å². The molecule has 0 radical (unpaired) electrons. The van der Waals surface area contributed by atoms with Crippen LogP contribution in [-0.4, -0.2) is 18.0 Å². The molecule has 4 atom stereocenters. The lowest BCUT2D eigenvalue weighted by molar-refractivity contribution is -0.215. The number of carbonyl (C=O) groups is 1. The Kier molecular flexibility index (Phi) is 2.67. The summed E-state index contributed by atoms with van der Waals surface area (Å²) in [5.41, 5.74) is 5.36. The van der Waals surface area contributed by atoms with Crippen LogP contribution in [0.3, 0.4) is 0 Å². The second kappa shape index (κ2) is 4.35. The molecule has 5 aliphatic rings. The molecule has 118 valence electrons. The van der Waals surface area contributed by atoms with Crippen LogP contribution >= 0.6 is 0 Å². The van der Waals surface area contributed by atoms with Crippen LogP contribution in [0.15, 0.2) is 22.8 Å². The van der Waals surface area contributed by atoms with Gasteiger partial charge in [0.15, 0.2) is 5.78 Å². The lowest BCUT2D eigenvalue weighted by atomic mass is 9.54. The Morgan fingerprint density at radius 3 is 2.73 bits per heavy atom. The molecule has 1 spiro atoms. The number of ketones is 1. The van der Waals surface area contributed by atoms with Crippen LogP contribution in [0.5, 0.6) is 0 Å². The Morgan fingerprint density at radius 2 is 1.95 bits per heavy atom. The third kappa shape index (κ3) is 1.52. The molecule has 4 aliphatic carbocycles. The largest absolute Gasteiger partial charge is 0.374 e. The molecule has 1 aliphatic heterocycles. The van der Waals surface area contributed by atoms with Gasteiger partial charge in [-0.15, -0.1) is 0 Å². The summed E-state index contributed by atoms with van der Waals surface area (Å²) in [5, 5.41) is 0. The zero-order chi connectivity index (χ0) is 14.9. The van der Waals surface area contributed by atoms with Crippen LogP contribution in [0.1, 0.15) is 64.7 Å². The first-order chi connectivity index (χ1) is 10.6. The monoisotopic (exact) mass is 298 g/mol. The van der Waals surface area contributed by atoms with E-state index in [4.69, 9.17) is 4.74 Å². The summed E-state index contributed by atoms with van der Waals surface area (Å²) >= 11 is 0. The van der Waals surface area contributed by atoms with Gasteiger partial charge in [-0.3, -0.25) is 4.79 Å². The van der Waals surface area contributed by atoms with E-state index in [1.807, 2.05) is 6.08 Å². The zero-order valence-corrected chi connectivity index (χ0v) is 13.6. The number of fused-ring (bicyclic) bond motifs is 5. The average Bonchev–Trinajstić information content (AvgIpc) is 2.79. The summed E-state index contributed by atoms with van der Waals surface area (Å²) in [6, 6.07) is 0. The molecule has 0 bridgehead atoms. The van der Waals surface area contributed by atoms with E-state index in [2.05, 4.69) is 6.92 Å². The number of hydrogen-bond acceptors (Lipinski definition) is 2. The molecule has 1 saturated heterocycles. The fourth-order valence-electron chi connectivity index (χ4n) is 6.62. The third-order valence-electron chi connectivity index (χ3n) is 7.91. The van der Waals surface area contributed by atoms with Crippen molar-refractivity contribution in [3.05, 3.63) is 22.8 Å². The van der Waals surface area contributed by atoms with Crippen LogP contribution in [0.4, 0.5) is 0 Å². The molecule has 1 unspecified atom stereocenters. The Labute approximate surface area is 133 Å². The summed E-state index contributed by atoms with van der Waals surface area (Å²) < 4.78 is 6.18. The predicted molar refractivity (Wildman–Crippen MR) is 85.4 cm³/mol. The first-order valence-corrected chi connectivity index (χ1v) is 9.23. The highest BCUT2D eigenvalue weighted by Gasteiger charge is 2.64. The molecule has 2 nitrogen and oxygen atoms in total. The molecule has 0 amide bonds. The lowest BCUT2D eigenvalue weighted by Gasteiger charge is -2.56. The van der Waals surface area contributed by atoms with Crippen molar-refractivity contribution in [3.8, 4) is 0 Å². The molecule has 5 rings (SSSR count). The van der Waals surface area contributed by atoms with Crippen molar-refractivity contribution in [1.29, 1.82) is 0 Å². The van der Waals surface area contributed by atoms with Gasteiger partial charge in [0.2, 0.25) is 0 Å². The van der Waals surface area contributed by atoms with E-state index >= 15 is 0 Å². The van der Waals surface area contributed by atoms with Crippen molar-refractivity contribution in [3.63, 3.8) is 0 Å². The molecular formula is C20H26O2. The highest BCUT2D eigenvalue weighted by molar-refractivity contribution is 5.93. The van der Waals surface area contributed by atoms with Crippen molar-refractivity contribution in [2.45, 2.75) is 70.3 Å². The third-order valence-corrected chi connectivity index (χ3v) is 7.91. The maximum atomic E-state index is 11.7. The van der Waals surface area contributed by atoms with Gasteiger partial charge in [-0.1, -0.05) is 12.5 Å². The molecule has 3 fully saturated rings. The lowest BCUT2D eigenvalue weighted by Crippen LogP contribution is -2.56. The maximum Gasteiger partial charge on any atom is 0.156 e. The van der Waals surface area contributed by atoms with Gasteiger partial charge in [-0.25, -0.2) is 0 Å². The Bertz CT molecular complexity index is 607. The van der Waals surface area contributed by atoms with E-state index in [0.717, 1.165) is 37.7 Å². The maximum absolute atomic E-state index is 11.7. The summed E-state index contributed by atoms with van der Waals surface area (Å²) in [6.07, 6.45) is 12.6. The molecule has 0 aromatic carbocycles. The van der Waals surface area contributed by atoms with Gasteiger partial charge in [0.1, 0.15) is 0 Å². The van der Waals surface area contributed by atoms with Crippen molar-refractivity contribution in [1.82, 2.24) is 0 Å². The van der Waals surface area contributed by atoms with Crippen LogP contribution in [0, 0.1) is 17.3 Å². The number of carbonyl (C=O) groups excluding carboxylic acids is 1. The van der Waals surface area contributed by atoms with E-state index in [1.54, 1.807) is 11.1 Å². The summed E-state index contributed by atoms with van der Waals surface area (Å²) in [4.78, 5) is 11.7. The molecule has 22 heavy (non-hydrogen) atoms. The first-order valence-electron chi connectivity index (χ1n) is 9.23.